The number of hydrogen-bond donors (Lipinski definition) is 0. The lowest BCUT2D eigenvalue weighted by Crippen LogP contribution is -2.52. The average Bonchev–Trinajstić information content (AvgIpc) is 3.05. The third-order valence-corrected chi connectivity index (χ3v) is 9.45. The molecular formula is C26H36N2O2. The van der Waals surface area contributed by atoms with Crippen molar-refractivity contribution in [3.8, 4) is 0 Å². The largest absolute Gasteiger partial charge is 0.446 e. The number of benzene rings is 1. The standard InChI is InChI=1S/C26H36N2O2/c1-27(2)23-16-26(22-6-4-3-5-21(22)23)7-9-28(10-8-26)25(29)30-24-19-12-17-11-18(14-19)15-20(24)13-17/h3-6,17-20,23-24H,7-16H2,1-2H3. The second-order valence-electron chi connectivity index (χ2n) is 11.3. The number of carbonyl (C=O) groups excluding carboxylic acids is 1. The van der Waals surface area contributed by atoms with Gasteiger partial charge < -0.3 is 14.5 Å². The van der Waals surface area contributed by atoms with Crippen LogP contribution in [0.1, 0.15) is 68.5 Å². The Balaban J connectivity index is 1.13. The van der Waals surface area contributed by atoms with E-state index in [2.05, 4.69) is 43.3 Å². The predicted octanol–water partition coefficient (Wildman–Crippen LogP) is 4.99. The van der Waals surface area contributed by atoms with Gasteiger partial charge in [-0.25, -0.2) is 4.79 Å². The highest BCUT2D eigenvalue weighted by atomic mass is 16.6. The molecule has 5 fully saturated rings. The van der Waals surface area contributed by atoms with Gasteiger partial charge in [-0.1, -0.05) is 24.3 Å². The molecule has 4 heteroatoms. The van der Waals surface area contributed by atoms with Crippen molar-refractivity contribution in [3.63, 3.8) is 0 Å². The Morgan fingerprint density at radius 1 is 1.00 bits per heavy atom. The van der Waals surface area contributed by atoms with E-state index >= 15 is 0 Å². The van der Waals surface area contributed by atoms with Crippen LogP contribution in [0.15, 0.2) is 24.3 Å². The summed E-state index contributed by atoms with van der Waals surface area (Å²) >= 11 is 0. The first-order valence-corrected chi connectivity index (χ1v) is 12.2. The Labute approximate surface area is 180 Å². The summed E-state index contributed by atoms with van der Waals surface area (Å²) in [5, 5.41) is 0. The van der Waals surface area contributed by atoms with Gasteiger partial charge in [0, 0.05) is 24.5 Å². The van der Waals surface area contributed by atoms with E-state index in [0.29, 0.717) is 17.9 Å². The smallest absolute Gasteiger partial charge is 0.410 e. The third-order valence-electron chi connectivity index (χ3n) is 9.45. The van der Waals surface area contributed by atoms with Gasteiger partial charge in [-0.3, -0.25) is 0 Å². The van der Waals surface area contributed by atoms with Crippen LogP contribution >= 0.6 is 0 Å². The van der Waals surface area contributed by atoms with E-state index in [1.54, 1.807) is 0 Å². The molecule has 1 atom stereocenters. The van der Waals surface area contributed by atoms with Crippen molar-refractivity contribution in [2.45, 2.75) is 68.9 Å². The number of fused-ring (bicyclic) bond motifs is 2. The molecule has 5 aliphatic carbocycles. The molecule has 1 saturated heterocycles. The number of rotatable bonds is 2. The fourth-order valence-corrected chi connectivity index (χ4v) is 8.17. The van der Waals surface area contributed by atoms with Crippen molar-refractivity contribution in [1.82, 2.24) is 9.80 Å². The lowest BCUT2D eigenvalue weighted by Gasteiger charge is -2.53. The monoisotopic (exact) mass is 408 g/mol. The van der Waals surface area contributed by atoms with E-state index in [9.17, 15) is 4.79 Å². The van der Waals surface area contributed by atoms with Gasteiger partial charge in [0.25, 0.3) is 0 Å². The van der Waals surface area contributed by atoms with Crippen molar-refractivity contribution in [3.05, 3.63) is 35.4 Å². The molecule has 4 nitrogen and oxygen atoms in total. The Kier molecular flexibility index (Phi) is 4.46. The Morgan fingerprint density at radius 3 is 2.27 bits per heavy atom. The lowest BCUT2D eigenvalue weighted by atomic mass is 9.55. The summed E-state index contributed by atoms with van der Waals surface area (Å²) in [7, 11) is 4.38. The van der Waals surface area contributed by atoms with E-state index in [1.165, 1.54) is 49.7 Å². The highest BCUT2D eigenvalue weighted by Crippen LogP contribution is 2.55. The fourth-order valence-electron chi connectivity index (χ4n) is 8.17. The van der Waals surface area contributed by atoms with E-state index in [0.717, 1.165) is 37.8 Å². The zero-order chi connectivity index (χ0) is 20.5. The highest BCUT2D eigenvalue weighted by Gasteiger charge is 2.51. The number of hydrogen-bond acceptors (Lipinski definition) is 3. The summed E-state index contributed by atoms with van der Waals surface area (Å²) in [6.45, 7) is 1.67. The maximum absolute atomic E-state index is 13.1. The van der Waals surface area contributed by atoms with Gasteiger partial charge in [0.05, 0.1) is 0 Å². The molecule has 162 valence electrons. The summed E-state index contributed by atoms with van der Waals surface area (Å²) in [5.41, 5.74) is 3.25. The van der Waals surface area contributed by atoms with Gasteiger partial charge in [-0.2, -0.15) is 0 Å². The SMILES string of the molecule is CN(C)C1CC2(CCN(C(=O)OC3C4CC5CC(C4)CC3C5)CC2)c2ccccc21. The van der Waals surface area contributed by atoms with E-state index < -0.39 is 0 Å². The molecule has 0 radical (unpaired) electrons. The van der Waals surface area contributed by atoms with Crippen LogP contribution in [-0.2, 0) is 10.2 Å². The number of nitrogens with zero attached hydrogens (tertiary/aromatic N) is 2. The van der Waals surface area contributed by atoms with Crippen LogP contribution < -0.4 is 0 Å². The Hall–Kier alpha value is -1.55. The fraction of sp³-hybridized carbons (Fsp3) is 0.731. The average molecular weight is 409 g/mol. The topological polar surface area (TPSA) is 32.8 Å². The molecule has 7 rings (SSSR count). The first-order valence-electron chi connectivity index (χ1n) is 12.2. The number of piperidine rings is 1. The molecule has 4 saturated carbocycles. The van der Waals surface area contributed by atoms with Crippen molar-refractivity contribution in [2.24, 2.45) is 23.7 Å². The zero-order valence-corrected chi connectivity index (χ0v) is 18.6. The van der Waals surface area contributed by atoms with Crippen LogP contribution in [-0.4, -0.2) is 49.2 Å². The number of carbonyl (C=O) groups is 1. The molecule has 1 aliphatic heterocycles. The normalized spacial score (nSPS) is 38.3. The lowest BCUT2D eigenvalue weighted by molar-refractivity contribution is -0.103. The first-order chi connectivity index (χ1) is 14.5. The van der Waals surface area contributed by atoms with Crippen LogP contribution in [0.3, 0.4) is 0 Å². The molecule has 4 bridgehead atoms. The molecule has 6 aliphatic rings. The molecule has 1 amide bonds. The molecule has 1 aromatic carbocycles. The van der Waals surface area contributed by atoms with E-state index in [1.807, 2.05) is 4.90 Å². The van der Waals surface area contributed by atoms with Crippen LogP contribution in [0.2, 0.25) is 0 Å². The molecule has 30 heavy (non-hydrogen) atoms. The molecule has 0 N–H and O–H groups in total. The van der Waals surface area contributed by atoms with Crippen molar-refractivity contribution >= 4 is 6.09 Å². The second-order valence-corrected chi connectivity index (χ2v) is 11.3. The number of likely N-dealkylation sites (tertiary alicyclic amines) is 1. The van der Waals surface area contributed by atoms with Gasteiger partial charge in [0.15, 0.2) is 0 Å². The summed E-state index contributed by atoms with van der Waals surface area (Å²) in [4.78, 5) is 17.5. The molecular weight excluding hydrogens is 372 g/mol. The zero-order valence-electron chi connectivity index (χ0n) is 18.6. The Morgan fingerprint density at radius 2 is 1.63 bits per heavy atom. The van der Waals surface area contributed by atoms with Gasteiger partial charge >= 0.3 is 6.09 Å². The first kappa shape index (κ1) is 19.2. The summed E-state index contributed by atoms with van der Waals surface area (Å²) in [6.07, 6.45) is 10.1. The quantitative estimate of drug-likeness (QED) is 0.691. The molecule has 1 unspecified atom stereocenters. The number of ether oxygens (including phenoxy) is 1. The Bertz CT molecular complexity index is 798. The minimum absolute atomic E-state index is 0.0298. The van der Waals surface area contributed by atoms with Crippen LogP contribution in [0.4, 0.5) is 4.79 Å². The summed E-state index contributed by atoms with van der Waals surface area (Å²) in [5.74, 6) is 3.13. The minimum atomic E-state index is -0.0298. The van der Waals surface area contributed by atoms with E-state index in [4.69, 9.17) is 4.74 Å². The van der Waals surface area contributed by atoms with Gasteiger partial charge in [-0.15, -0.1) is 0 Å². The molecule has 1 aromatic rings. The second kappa shape index (κ2) is 6.98. The van der Waals surface area contributed by atoms with Crippen LogP contribution in [0.5, 0.6) is 0 Å². The maximum atomic E-state index is 13.1. The van der Waals surface area contributed by atoms with Crippen molar-refractivity contribution < 1.29 is 9.53 Å². The van der Waals surface area contributed by atoms with Gasteiger partial charge in [0.2, 0.25) is 0 Å². The van der Waals surface area contributed by atoms with Crippen molar-refractivity contribution in [2.75, 3.05) is 27.2 Å². The number of amides is 1. The third kappa shape index (κ3) is 2.93. The van der Waals surface area contributed by atoms with Gasteiger partial charge in [-0.05, 0) is 100 Å². The maximum Gasteiger partial charge on any atom is 0.410 e. The van der Waals surface area contributed by atoms with Gasteiger partial charge in [0.1, 0.15) is 6.10 Å². The summed E-state index contributed by atoms with van der Waals surface area (Å²) < 4.78 is 6.23. The van der Waals surface area contributed by atoms with Crippen LogP contribution in [0.25, 0.3) is 0 Å². The molecule has 1 heterocycles. The van der Waals surface area contributed by atoms with Crippen molar-refractivity contribution in [1.29, 1.82) is 0 Å². The van der Waals surface area contributed by atoms with Crippen LogP contribution in [0, 0.1) is 23.7 Å². The molecule has 1 spiro atoms. The summed E-state index contributed by atoms with van der Waals surface area (Å²) in [6, 6.07) is 9.49. The predicted molar refractivity (Wildman–Crippen MR) is 117 cm³/mol. The molecule has 0 aromatic heterocycles. The van der Waals surface area contributed by atoms with E-state index in [-0.39, 0.29) is 17.6 Å². The highest BCUT2D eigenvalue weighted by molar-refractivity contribution is 5.68. The minimum Gasteiger partial charge on any atom is -0.446 e.